The number of nitro groups is 1. The number of rotatable bonds is 6. The number of hydrogen-bond acceptors (Lipinski definition) is 7. The van der Waals surface area contributed by atoms with Crippen LogP contribution in [0, 0.1) is 27.3 Å². The van der Waals surface area contributed by atoms with E-state index in [-0.39, 0.29) is 22.5 Å². The first-order valence-electron chi connectivity index (χ1n) is 10.2. The van der Waals surface area contributed by atoms with E-state index in [1.54, 1.807) is 30.3 Å². The van der Waals surface area contributed by atoms with Crippen molar-refractivity contribution in [3.05, 3.63) is 99.9 Å². The highest BCUT2D eigenvalue weighted by Crippen LogP contribution is 2.26. The number of anilines is 1. The number of non-ortho nitro benzene ring substituents is 1. The third-order valence-electron chi connectivity index (χ3n) is 5.02. The van der Waals surface area contributed by atoms with Crippen LogP contribution in [0.15, 0.2) is 72.8 Å². The molecule has 172 valence electrons. The van der Waals surface area contributed by atoms with Crippen LogP contribution in [0.2, 0.25) is 0 Å². The lowest BCUT2D eigenvalue weighted by Crippen LogP contribution is -2.21. The molecule has 0 spiro atoms. The van der Waals surface area contributed by atoms with Crippen molar-refractivity contribution in [3.8, 4) is 17.3 Å². The van der Waals surface area contributed by atoms with E-state index in [4.69, 9.17) is 4.74 Å². The number of ether oxygens (including phenoxy) is 1. The minimum atomic E-state index is -0.786. The van der Waals surface area contributed by atoms with Gasteiger partial charge in [0.05, 0.1) is 32.9 Å². The van der Waals surface area contributed by atoms with Crippen LogP contribution in [0.5, 0.6) is 0 Å². The molecule has 1 amide bonds. The Kier molecular flexibility index (Phi) is 6.42. The molecule has 1 N–H and O–H groups in total. The predicted octanol–water partition coefficient (Wildman–Crippen LogP) is 4.62. The first-order chi connectivity index (χ1) is 16.9. The average molecular weight is 470 g/mol. The van der Waals surface area contributed by atoms with E-state index in [9.17, 15) is 29.4 Å². The largest absolute Gasteiger partial charge is 0.452 e. The molecule has 3 aromatic carbocycles. The van der Waals surface area contributed by atoms with Gasteiger partial charge in [0.2, 0.25) is 0 Å². The van der Waals surface area contributed by atoms with Crippen molar-refractivity contribution in [3.63, 3.8) is 0 Å². The maximum atomic E-state index is 13.3. The molecule has 1 aromatic heterocycles. The number of nitriles is 1. The molecule has 4 aromatic rings. The minimum Gasteiger partial charge on any atom is -0.452 e. The van der Waals surface area contributed by atoms with E-state index in [1.807, 2.05) is 0 Å². The van der Waals surface area contributed by atoms with Gasteiger partial charge < -0.3 is 10.1 Å². The summed E-state index contributed by atoms with van der Waals surface area (Å²) in [5, 5.41) is 23.0. The highest BCUT2D eigenvalue weighted by Gasteiger charge is 2.18. The first-order valence-corrected chi connectivity index (χ1v) is 10.2. The molecule has 35 heavy (non-hydrogen) atoms. The van der Waals surface area contributed by atoms with Gasteiger partial charge in [0.25, 0.3) is 11.6 Å². The van der Waals surface area contributed by atoms with Crippen LogP contribution in [0.1, 0.15) is 15.9 Å². The molecule has 0 unspecified atom stereocenters. The summed E-state index contributed by atoms with van der Waals surface area (Å²) in [5.41, 5.74) is 1.32. The SMILES string of the molecule is N#Cc1cc([N+](=O)[O-])ccc1NC(=O)COC(=O)c1cc(-c2ccc(F)cc2)nc2ccccc12. The van der Waals surface area contributed by atoms with Crippen molar-refractivity contribution in [2.45, 2.75) is 0 Å². The fourth-order valence-corrected chi connectivity index (χ4v) is 3.36. The Morgan fingerprint density at radius 1 is 1.09 bits per heavy atom. The van der Waals surface area contributed by atoms with E-state index in [0.717, 1.165) is 12.1 Å². The van der Waals surface area contributed by atoms with Crippen LogP contribution in [-0.4, -0.2) is 28.4 Å². The molecular formula is C25H15FN4O5. The number of carbonyl (C=O) groups is 2. The lowest BCUT2D eigenvalue weighted by molar-refractivity contribution is -0.384. The monoisotopic (exact) mass is 470 g/mol. The number of esters is 1. The van der Waals surface area contributed by atoms with Gasteiger partial charge in [-0.2, -0.15) is 5.26 Å². The summed E-state index contributed by atoms with van der Waals surface area (Å²) >= 11 is 0. The molecule has 0 saturated carbocycles. The van der Waals surface area contributed by atoms with Crippen LogP contribution in [0.3, 0.4) is 0 Å². The van der Waals surface area contributed by atoms with Gasteiger partial charge in [-0.05, 0) is 42.5 Å². The van der Waals surface area contributed by atoms with Crippen LogP contribution in [-0.2, 0) is 9.53 Å². The molecule has 0 atom stereocenters. The van der Waals surface area contributed by atoms with E-state index in [0.29, 0.717) is 22.2 Å². The number of hydrogen-bond donors (Lipinski definition) is 1. The van der Waals surface area contributed by atoms with Gasteiger partial charge in [-0.3, -0.25) is 14.9 Å². The first kappa shape index (κ1) is 23.0. The van der Waals surface area contributed by atoms with Crippen molar-refractivity contribution in [2.75, 3.05) is 11.9 Å². The summed E-state index contributed by atoms with van der Waals surface area (Å²) in [6.07, 6.45) is 0. The standard InChI is InChI=1S/C25H15FN4O5/c26-17-7-5-15(6-8-17)23-12-20(19-3-1-2-4-22(19)28-23)25(32)35-14-24(31)29-21-10-9-18(30(33)34)11-16(21)13-27/h1-12H,14H2,(H,29,31). The molecule has 0 aliphatic rings. The van der Waals surface area contributed by atoms with E-state index in [2.05, 4.69) is 10.3 Å². The highest BCUT2D eigenvalue weighted by atomic mass is 19.1. The summed E-state index contributed by atoms with van der Waals surface area (Å²) in [4.78, 5) is 39.9. The van der Waals surface area contributed by atoms with Crippen LogP contribution in [0.4, 0.5) is 15.8 Å². The second kappa shape index (κ2) is 9.76. The smallest absolute Gasteiger partial charge is 0.339 e. The predicted molar refractivity (Wildman–Crippen MR) is 124 cm³/mol. The van der Waals surface area contributed by atoms with Gasteiger partial charge in [0, 0.05) is 23.1 Å². The minimum absolute atomic E-state index is 0.0482. The molecular weight excluding hydrogens is 455 g/mol. The Bertz CT molecular complexity index is 1510. The quantitative estimate of drug-likeness (QED) is 0.247. The van der Waals surface area contributed by atoms with Crippen LogP contribution < -0.4 is 5.32 Å². The lowest BCUT2D eigenvalue weighted by Gasteiger charge is -2.11. The summed E-state index contributed by atoms with van der Waals surface area (Å²) in [5.74, 6) is -1.93. The van der Waals surface area contributed by atoms with Crippen molar-refractivity contribution in [2.24, 2.45) is 0 Å². The zero-order valence-electron chi connectivity index (χ0n) is 17.9. The van der Waals surface area contributed by atoms with Crippen molar-refractivity contribution < 1.29 is 23.6 Å². The van der Waals surface area contributed by atoms with Crippen LogP contribution >= 0.6 is 0 Å². The zero-order valence-corrected chi connectivity index (χ0v) is 17.9. The van der Waals surface area contributed by atoms with Gasteiger partial charge in [-0.25, -0.2) is 14.2 Å². The van der Waals surface area contributed by atoms with E-state index >= 15 is 0 Å². The number of aromatic nitrogens is 1. The van der Waals surface area contributed by atoms with Gasteiger partial charge in [0.1, 0.15) is 11.9 Å². The second-order valence-corrected chi connectivity index (χ2v) is 7.30. The fourth-order valence-electron chi connectivity index (χ4n) is 3.36. The summed E-state index contributed by atoms with van der Waals surface area (Å²) in [7, 11) is 0. The number of benzene rings is 3. The van der Waals surface area contributed by atoms with Gasteiger partial charge in [-0.15, -0.1) is 0 Å². The fraction of sp³-hybridized carbons (Fsp3) is 0.0400. The number of nitrogens with one attached hydrogen (secondary N) is 1. The molecule has 0 bridgehead atoms. The molecule has 0 radical (unpaired) electrons. The summed E-state index contributed by atoms with van der Waals surface area (Å²) in [6.45, 7) is -0.663. The third-order valence-corrected chi connectivity index (χ3v) is 5.02. The number of carbonyl (C=O) groups excluding carboxylic acids is 2. The molecule has 0 saturated heterocycles. The van der Waals surface area contributed by atoms with Crippen LogP contribution in [0.25, 0.3) is 22.2 Å². The second-order valence-electron chi connectivity index (χ2n) is 7.30. The number of nitrogens with zero attached hydrogens (tertiary/aromatic N) is 3. The van der Waals surface area contributed by atoms with Gasteiger partial charge in [0.15, 0.2) is 6.61 Å². The summed E-state index contributed by atoms with van der Waals surface area (Å²) in [6, 6.07) is 19.2. The highest BCUT2D eigenvalue weighted by molar-refractivity contribution is 6.05. The molecule has 10 heteroatoms. The van der Waals surface area contributed by atoms with E-state index in [1.165, 1.54) is 36.4 Å². The number of pyridine rings is 1. The molecule has 9 nitrogen and oxygen atoms in total. The van der Waals surface area contributed by atoms with Gasteiger partial charge >= 0.3 is 5.97 Å². The third kappa shape index (κ3) is 5.09. The maximum absolute atomic E-state index is 13.3. The Hall–Kier alpha value is -5.17. The number of nitro benzene ring substituents is 1. The molecule has 0 fully saturated rings. The molecule has 1 heterocycles. The molecule has 0 aliphatic carbocycles. The number of halogens is 1. The van der Waals surface area contributed by atoms with Crippen molar-refractivity contribution >= 4 is 34.2 Å². The molecule has 0 aliphatic heterocycles. The van der Waals surface area contributed by atoms with Crippen molar-refractivity contribution in [1.29, 1.82) is 5.26 Å². The van der Waals surface area contributed by atoms with Crippen molar-refractivity contribution in [1.82, 2.24) is 4.98 Å². The molecule has 4 rings (SSSR count). The number of amides is 1. The lowest BCUT2D eigenvalue weighted by atomic mass is 10.0. The van der Waals surface area contributed by atoms with E-state index < -0.39 is 29.2 Å². The Morgan fingerprint density at radius 2 is 1.83 bits per heavy atom. The van der Waals surface area contributed by atoms with Gasteiger partial charge in [-0.1, -0.05) is 18.2 Å². The Balaban J connectivity index is 1.54. The normalized spacial score (nSPS) is 10.4. The Morgan fingerprint density at radius 3 is 2.54 bits per heavy atom. The average Bonchev–Trinajstić information content (AvgIpc) is 2.87. The topological polar surface area (TPSA) is 135 Å². The summed E-state index contributed by atoms with van der Waals surface area (Å²) < 4.78 is 18.5. The number of fused-ring (bicyclic) bond motifs is 1. The zero-order chi connectivity index (χ0) is 24.9. The number of para-hydroxylation sites is 1. The Labute approximate surface area is 197 Å². The maximum Gasteiger partial charge on any atom is 0.339 e.